The molecule has 3 nitrogen and oxygen atoms in total. The van der Waals surface area contributed by atoms with Gasteiger partial charge >= 0.3 is 0 Å². The lowest BCUT2D eigenvalue weighted by molar-refractivity contribution is -0.122. The summed E-state index contributed by atoms with van der Waals surface area (Å²) in [5, 5.41) is 3.08. The molecule has 0 aliphatic heterocycles. The molecule has 3 N–H and O–H groups in total. The van der Waals surface area contributed by atoms with Crippen LogP contribution < -0.4 is 11.1 Å². The van der Waals surface area contributed by atoms with E-state index in [0.717, 1.165) is 6.42 Å². The summed E-state index contributed by atoms with van der Waals surface area (Å²) in [7, 11) is 0. The zero-order chi connectivity index (χ0) is 14.5. The average Bonchev–Trinajstić information content (AvgIpc) is 2.37. The molecular weight excluding hydrogens is 272 g/mol. The van der Waals surface area contributed by atoms with E-state index < -0.39 is 0 Å². The molecule has 0 spiro atoms. The zero-order valence-electron chi connectivity index (χ0n) is 12.8. The number of amides is 1. The Morgan fingerprint density at radius 2 is 1.80 bits per heavy atom. The first-order valence-electron chi connectivity index (χ1n) is 6.94. The molecule has 2 unspecified atom stereocenters. The Labute approximate surface area is 128 Å². The molecule has 4 heteroatoms. The van der Waals surface area contributed by atoms with Crippen LogP contribution in [0.4, 0.5) is 0 Å². The highest BCUT2D eigenvalue weighted by molar-refractivity contribution is 5.85. The monoisotopic (exact) mass is 298 g/mol. The molecule has 1 aromatic rings. The number of nitrogens with two attached hydrogens (primary N) is 1. The summed E-state index contributed by atoms with van der Waals surface area (Å²) in [6.45, 7) is 8.28. The van der Waals surface area contributed by atoms with E-state index in [1.54, 1.807) is 0 Å². The Morgan fingerprint density at radius 1 is 1.25 bits per heavy atom. The third-order valence-corrected chi connectivity index (χ3v) is 3.80. The van der Waals surface area contributed by atoms with E-state index in [0.29, 0.717) is 6.42 Å². The van der Waals surface area contributed by atoms with Crippen molar-refractivity contribution < 1.29 is 4.79 Å². The summed E-state index contributed by atoms with van der Waals surface area (Å²) in [4.78, 5) is 11.9. The fourth-order valence-electron chi connectivity index (χ4n) is 1.97. The Hall–Kier alpha value is -1.06. The summed E-state index contributed by atoms with van der Waals surface area (Å²) >= 11 is 0. The second kappa shape index (κ2) is 8.28. The van der Waals surface area contributed by atoms with Crippen LogP contribution in [0.15, 0.2) is 30.3 Å². The van der Waals surface area contributed by atoms with Crippen LogP contribution >= 0.6 is 12.4 Å². The van der Waals surface area contributed by atoms with Crippen LogP contribution in [0.25, 0.3) is 0 Å². The molecule has 0 bridgehead atoms. The van der Waals surface area contributed by atoms with Crippen LogP contribution in [0.2, 0.25) is 0 Å². The molecule has 0 aliphatic carbocycles. The third-order valence-electron chi connectivity index (χ3n) is 3.80. The van der Waals surface area contributed by atoms with Crippen molar-refractivity contribution in [1.82, 2.24) is 5.32 Å². The number of rotatable bonds is 6. The van der Waals surface area contributed by atoms with E-state index in [1.807, 2.05) is 25.1 Å². The van der Waals surface area contributed by atoms with Crippen molar-refractivity contribution >= 4 is 18.3 Å². The third kappa shape index (κ3) is 5.51. The second-order valence-electron chi connectivity index (χ2n) is 5.89. The van der Waals surface area contributed by atoms with E-state index in [9.17, 15) is 4.79 Å². The summed E-state index contributed by atoms with van der Waals surface area (Å²) in [5.41, 5.74) is 6.81. The second-order valence-corrected chi connectivity index (χ2v) is 5.89. The van der Waals surface area contributed by atoms with Crippen LogP contribution in [0, 0.1) is 0 Å². The molecular formula is C16H27ClN2O. The number of hydrogen-bond acceptors (Lipinski definition) is 2. The van der Waals surface area contributed by atoms with Gasteiger partial charge in [-0.1, -0.05) is 44.2 Å². The van der Waals surface area contributed by atoms with Crippen molar-refractivity contribution in [3.63, 3.8) is 0 Å². The lowest BCUT2D eigenvalue weighted by Gasteiger charge is -2.33. The predicted molar refractivity (Wildman–Crippen MR) is 87.2 cm³/mol. The highest BCUT2D eigenvalue weighted by Gasteiger charge is 2.28. The number of benzene rings is 1. The summed E-state index contributed by atoms with van der Waals surface area (Å²) in [6.07, 6.45) is 1.22. The maximum atomic E-state index is 11.9. The average molecular weight is 299 g/mol. The fraction of sp³-hybridized carbons (Fsp3) is 0.562. The van der Waals surface area contributed by atoms with Gasteiger partial charge in [0.15, 0.2) is 0 Å². The SMILES string of the molecule is CC(N)CCC(=O)NC(C)C(C)(C)c1ccccc1.Cl. The summed E-state index contributed by atoms with van der Waals surface area (Å²) in [6, 6.07) is 10.4. The normalized spacial score (nSPS) is 14.1. The van der Waals surface area contributed by atoms with Gasteiger partial charge in [0.2, 0.25) is 5.91 Å². The number of carbonyl (C=O) groups excluding carboxylic acids is 1. The van der Waals surface area contributed by atoms with Gasteiger partial charge < -0.3 is 11.1 Å². The number of nitrogens with one attached hydrogen (secondary N) is 1. The Bertz CT molecular complexity index is 404. The lowest BCUT2D eigenvalue weighted by Crippen LogP contribution is -2.45. The van der Waals surface area contributed by atoms with Crippen molar-refractivity contribution in [1.29, 1.82) is 0 Å². The Balaban J connectivity index is 0.00000361. The lowest BCUT2D eigenvalue weighted by atomic mass is 9.78. The van der Waals surface area contributed by atoms with Gasteiger partial charge in [0.1, 0.15) is 0 Å². The zero-order valence-corrected chi connectivity index (χ0v) is 13.7. The fourth-order valence-corrected chi connectivity index (χ4v) is 1.97. The van der Waals surface area contributed by atoms with Crippen molar-refractivity contribution in [2.75, 3.05) is 0 Å². The molecule has 1 aromatic carbocycles. The molecule has 1 rings (SSSR count). The summed E-state index contributed by atoms with van der Waals surface area (Å²) < 4.78 is 0. The standard InChI is InChI=1S/C16H26N2O.ClH/c1-12(17)10-11-15(19)18-13(2)16(3,4)14-8-6-5-7-9-14;/h5-9,12-13H,10-11,17H2,1-4H3,(H,18,19);1H. The van der Waals surface area contributed by atoms with E-state index in [1.165, 1.54) is 5.56 Å². The van der Waals surface area contributed by atoms with Gasteiger partial charge in [-0.15, -0.1) is 12.4 Å². The quantitative estimate of drug-likeness (QED) is 0.848. The van der Waals surface area contributed by atoms with Gasteiger partial charge in [0.25, 0.3) is 0 Å². The van der Waals surface area contributed by atoms with Crippen molar-refractivity contribution in [3.05, 3.63) is 35.9 Å². The maximum absolute atomic E-state index is 11.9. The Morgan fingerprint density at radius 3 is 2.30 bits per heavy atom. The Kier molecular flexibility index (Phi) is 7.84. The topological polar surface area (TPSA) is 55.1 Å². The van der Waals surface area contributed by atoms with E-state index in [-0.39, 0.29) is 35.8 Å². The van der Waals surface area contributed by atoms with Gasteiger partial charge in [-0.3, -0.25) is 4.79 Å². The molecule has 0 radical (unpaired) electrons. The number of halogens is 1. The van der Waals surface area contributed by atoms with E-state index >= 15 is 0 Å². The van der Waals surface area contributed by atoms with Crippen molar-refractivity contribution in [3.8, 4) is 0 Å². The minimum Gasteiger partial charge on any atom is -0.353 e. The van der Waals surface area contributed by atoms with Gasteiger partial charge in [0.05, 0.1) is 0 Å². The van der Waals surface area contributed by atoms with Crippen LogP contribution in [0.5, 0.6) is 0 Å². The first kappa shape index (κ1) is 18.9. The summed E-state index contributed by atoms with van der Waals surface area (Å²) in [5.74, 6) is 0.0776. The van der Waals surface area contributed by atoms with Gasteiger partial charge in [-0.05, 0) is 25.8 Å². The smallest absolute Gasteiger partial charge is 0.220 e. The van der Waals surface area contributed by atoms with Gasteiger partial charge in [-0.25, -0.2) is 0 Å². The van der Waals surface area contributed by atoms with Crippen LogP contribution in [0.3, 0.4) is 0 Å². The molecule has 114 valence electrons. The van der Waals surface area contributed by atoms with Crippen LogP contribution in [-0.4, -0.2) is 18.0 Å². The van der Waals surface area contributed by atoms with Crippen LogP contribution in [0.1, 0.15) is 46.1 Å². The minimum absolute atomic E-state index is 0. The molecule has 0 fully saturated rings. The van der Waals surface area contributed by atoms with E-state index in [4.69, 9.17) is 5.73 Å². The first-order chi connectivity index (χ1) is 8.84. The number of carbonyl (C=O) groups is 1. The molecule has 0 heterocycles. The maximum Gasteiger partial charge on any atom is 0.220 e. The molecule has 1 amide bonds. The van der Waals surface area contributed by atoms with Crippen molar-refractivity contribution in [2.24, 2.45) is 5.73 Å². The highest BCUT2D eigenvalue weighted by Crippen LogP contribution is 2.26. The largest absolute Gasteiger partial charge is 0.353 e. The highest BCUT2D eigenvalue weighted by atomic mass is 35.5. The molecule has 20 heavy (non-hydrogen) atoms. The van der Waals surface area contributed by atoms with Gasteiger partial charge in [0, 0.05) is 23.9 Å². The molecule has 0 aromatic heterocycles. The van der Waals surface area contributed by atoms with Gasteiger partial charge in [-0.2, -0.15) is 0 Å². The number of hydrogen-bond donors (Lipinski definition) is 2. The van der Waals surface area contributed by atoms with E-state index in [2.05, 4.69) is 38.2 Å². The first-order valence-corrected chi connectivity index (χ1v) is 6.94. The molecule has 0 aliphatic rings. The predicted octanol–water partition coefficient (Wildman–Crippen LogP) is 3.02. The molecule has 0 saturated heterocycles. The molecule has 0 saturated carbocycles. The van der Waals surface area contributed by atoms with Crippen LogP contribution in [-0.2, 0) is 10.2 Å². The van der Waals surface area contributed by atoms with Crippen molar-refractivity contribution in [2.45, 2.75) is 58.0 Å². The molecule has 2 atom stereocenters. The minimum atomic E-state index is -0.0920.